The smallest absolute Gasteiger partial charge is 0.272 e. The number of nitrogens with zero attached hydrogens (tertiary/aromatic N) is 2. The Bertz CT molecular complexity index is 1240. The zero-order chi connectivity index (χ0) is 19.8. The molecule has 0 aliphatic heterocycles. The number of nitro groups is 1. The quantitative estimate of drug-likeness (QED) is 0.428. The van der Waals surface area contributed by atoms with Gasteiger partial charge in [0.05, 0.1) is 12.0 Å². The van der Waals surface area contributed by atoms with Gasteiger partial charge >= 0.3 is 0 Å². The molecule has 4 rings (SSSR count). The number of hydrogen-bond donors (Lipinski definition) is 1. The summed E-state index contributed by atoms with van der Waals surface area (Å²) in [4.78, 5) is 25.9. The molecule has 0 atom stereocenters. The lowest BCUT2D eigenvalue weighted by Crippen LogP contribution is -2.08. The number of aryl methyl sites for hydroxylation is 1. The SMILES string of the molecule is COc1ccc(-c2c(-c3ccc([N+](=O)[O-])cc3)c(C)n3cc[nH]c(=O)c23)cc1. The van der Waals surface area contributed by atoms with Crippen molar-refractivity contribution in [3.8, 4) is 28.0 Å². The van der Waals surface area contributed by atoms with E-state index in [0.29, 0.717) is 5.52 Å². The Balaban J connectivity index is 2.04. The van der Waals surface area contributed by atoms with Crippen molar-refractivity contribution in [3.05, 3.63) is 87.1 Å². The van der Waals surface area contributed by atoms with Gasteiger partial charge in [0, 0.05) is 41.3 Å². The van der Waals surface area contributed by atoms with E-state index in [4.69, 9.17) is 4.74 Å². The molecule has 4 aromatic rings. The Labute approximate surface area is 160 Å². The summed E-state index contributed by atoms with van der Waals surface area (Å²) in [6, 6.07) is 13.8. The number of hydrogen-bond acceptors (Lipinski definition) is 4. The van der Waals surface area contributed by atoms with Gasteiger partial charge in [-0.3, -0.25) is 14.9 Å². The predicted molar refractivity (Wildman–Crippen MR) is 107 cm³/mol. The Kier molecular flexibility index (Phi) is 4.19. The number of ether oxygens (including phenoxy) is 1. The van der Waals surface area contributed by atoms with Crippen LogP contribution in [0, 0.1) is 17.0 Å². The summed E-state index contributed by atoms with van der Waals surface area (Å²) in [5.74, 6) is 0.717. The zero-order valence-corrected chi connectivity index (χ0v) is 15.3. The number of nitrogens with one attached hydrogen (secondary N) is 1. The summed E-state index contributed by atoms with van der Waals surface area (Å²) < 4.78 is 7.08. The van der Waals surface area contributed by atoms with Gasteiger partial charge in [-0.1, -0.05) is 12.1 Å². The van der Waals surface area contributed by atoms with Crippen molar-refractivity contribution >= 4 is 11.2 Å². The van der Waals surface area contributed by atoms with E-state index >= 15 is 0 Å². The number of aromatic amines is 1. The van der Waals surface area contributed by atoms with Crippen molar-refractivity contribution in [2.24, 2.45) is 0 Å². The normalized spacial score (nSPS) is 10.9. The molecule has 0 fully saturated rings. The number of H-pyrrole nitrogens is 1. The highest BCUT2D eigenvalue weighted by molar-refractivity contribution is 5.96. The molecule has 0 unspecified atom stereocenters. The van der Waals surface area contributed by atoms with E-state index in [-0.39, 0.29) is 11.2 Å². The molecular formula is C21H17N3O4. The maximum Gasteiger partial charge on any atom is 0.272 e. The fraction of sp³-hybridized carbons (Fsp3) is 0.0952. The number of aromatic nitrogens is 2. The summed E-state index contributed by atoms with van der Waals surface area (Å²) in [7, 11) is 1.60. The Hall–Kier alpha value is -3.87. The van der Waals surface area contributed by atoms with Crippen LogP contribution in [-0.4, -0.2) is 21.4 Å². The van der Waals surface area contributed by atoms with E-state index in [2.05, 4.69) is 4.98 Å². The van der Waals surface area contributed by atoms with E-state index < -0.39 is 4.92 Å². The fourth-order valence-corrected chi connectivity index (χ4v) is 3.51. The molecule has 0 aliphatic rings. The molecule has 2 aromatic heterocycles. The lowest BCUT2D eigenvalue weighted by molar-refractivity contribution is -0.384. The van der Waals surface area contributed by atoms with Crippen molar-refractivity contribution in [1.29, 1.82) is 0 Å². The van der Waals surface area contributed by atoms with Gasteiger partial charge in [-0.25, -0.2) is 0 Å². The van der Waals surface area contributed by atoms with Crippen molar-refractivity contribution in [1.82, 2.24) is 9.38 Å². The van der Waals surface area contributed by atoms with Crippen molar-refractivity contribution in [2.75, 3.05) is 7.11 Å². The van der Waals surface area contributed by atoms with Crippen LogP contribution in [0.2, 0.25) is 0 Å². The average Bonchev–Trinajstić information content (AvgIpc) is 3.02. The number of benzene rings is 2. The zero-order valence-electron chi connectivity index (χ0n) is 15.3. The molecule has 7 heteroatoms. The minimum atomic E-state index is -0.429. The van der Waals surface area contributed by atoms with Gasteiger partial charge in [0.15, 0.2) is 0 Å². The van der Waals surface area contributed by atoms with Crippen molar-refractivity contribution in [2.45, 2.75) is 6.92 Å². The largest absolute Gasteiger partial charge is 0.497 e. The molecule has 2 heterocycles. The summed E-state index contributed by atoms with van der Waals surface area (Å²) in [6.45, 7) is 1.93. The van der Waals surface area contributed by atoms with Gasteiger partial charge < -0.3 is 14.1 Å². The third-order valence-corrected chi connectivity index (χ3v) is 4.85. The molecule has 0 saturated heterocycles. The molecule has 0 saturated carbocycles. The molecular weight excluding hydrogens is 358 g/mol. The van der Waals surface area contributed by atoms with Crippen LogP contribution in [0.5, 0.6) is 5.75 Å². The lowest BCUT2D eigenvalue weighted by Gasteiger charge is -2.08. The number of nitro benzene ring substituents is 1. The fourth-order valence-electron chi connectivity index (χ4n) is 3.51. The van der Waals surface area contributed by atoms with E-state index in [1.54, 1.807) is 31.6 Å². The van der Waals surface area contributed by atoms with Crippen molar-refractivity contribution < 1.29 is 9.66 Å². The first-order valence-electron chi connectivity index (χ1n) is 8.63. The van der Waals surface area contributed by atoms with Gasteiger partial charge in [0.2, 0.25) is 0 Å². The van der Waals surface area contributed by atoms with Gasteiger partial charge in [-0.05, 0) is 42.3 Å². The second-order valence-electron chi connectivity index (χ2n) is 6.38. The molecule has 0 spiro atoms. The highest BCUT2D eigenvalue weighted by Crippen LogP contribution is 2.39. The molecule has 2 aromatic carbocycles. The van der Waals surface area contributed by atoms with Crippen LogP contribution < -0.4 is 10.3 Å². The van der Waals surface area contributed by atoms with Crippen LogP contribution >= 0.6 is 0 Å². The van der Waals surface area contributed by atoms with E-state index in [1.807, 2.05) is 35.6 Å². The average molecular weight is 375 g/mol. The topological polar surface area (TPSA) is 89.6 Å². The van der Waals surface area contributed by atoms with Crippen LogP contribution in [0.15, 0.2) is 65.7 Å². The summed E-state index contributed by atoms with van der Waals surface area (Å²) in [5, 5.41) is 11.0. The highest BCUT2D eigenvalue weighted by Gasteiger charge is 2.21. The highest BCUT2D eigenvalue weighted by atomic mass is 16.6. The second-order valence-corrected chi connectivity index (χ2v) is 6.38. The number of non-ortho nitro benzene ring substituents is 1. The van der Waals surface area contributed by atoms with Crippen molar-refractivity contribution in [3.63, 3.8) is 0 Å². The summed E-state index contributed by atoms with van der Waals surface area (Å²) in [5.41, 5.74) is 4.51. The van der Waals surface area contributed by atoms with Crippen LogP contribution in [0.25, 0.3) is 27.8 Å². The lowest BCUT2D eigenvalue weighted by atomic mass is 9.95. The standard InChI is InChI=1S/C21H17N3O4/c1-13-18(14-3-7-16(8-4-14)24(26)27)19(15-5-9-17(28-2)10-6-15)20-21(25)22-11-12-23(13)20/h3-12H,1-2H3,(H,22,25). The maximum absolute atomic E-state index is 12.6. The Morgan fingerprint density at radius 2 is 1.61 bits per heavy atom. The van der Waals surface area contributed by atoms with E-state index in [0.717, 1.165) is 33.7 Å². The number of fused-ring (bicyclic) bond motifs is 1. The van der Waals surface area contributed by atoms with Gasteiger partial charge in [0.25, 0.3) is 11.2 Å². The summed E-state index contributed by atoms with van der Waals surface area (Å²) >= 11 is 0. The third kappa shape index (κ3) is 2.73. The third-order valence-electron chi connectivity index (χ3n) is 4.85. The van der Waals surface area contributed by atoms with Gasteiger partial charge in [-0.15, -0.1) is 0 Å². The molecule has 7 nitrogen and oxygen atoms in total. The number of rotatable bonds is 4. The first kappa shape index (κ1) is 17.5. The molecule has 140 valence electrons. The van der Waals surface area contributed by atoms with Crippen LogP contribution in [0.4, 0.5) is 5.69 Å². The molecule has 0 radical (unpaired) electrons. The molecule has 0 aliphatic carbocycles. The van der Waals surface area contributed by atoms with Gasteiger partial charge in [-0.2, -0.15) is 0 Å². The monoisotopic (exact) mass is 375 g/mol. The maximum atomic E-state index is 12.6. The number of methoxy groups -OCH3 is 1. The molecule has 1 N–H and O–H groups in total. The summed E-state index contributed by atoms with van der Waals surface area (Å²) in [6.07, 6.45) is 3.40. The molecule has 0 amide bonds. The second kappa shape index (κ2) is 6.70. The minimum absolute atomic E-state index is 0.0222. The van der Waals surface area contributed by atoms with Crippen LogP contribution in [0.3, 0.4) is 0 Å². The predicted octanol–water partition coefficient (Wildman–Crippen LogP) is 4.19. The minimum Gasteiger partial charge on any atom is -0.497 e. The van der Waals surface area contributed by atoms with E-state index in [9.17, 15) is 14.9 Å². The van der Waals surface area contributed by atoms with Crippen LogP contribution in [-0.2, 0) is 0 Å². The Morgan fingerprint density at radius 1 is 1.00 bits per heavy atom. The Morgan fingerprint density at radius 3 is 2.21 bits per heavy atom. The van der Waals surface area contributed by atoms with E-state index in [1.165, 1.54) is 12.1 Å². The first-order valence-corrected chi connectivity index (χ1v) is 8.63. The van der Waals surface area contributed by atoms with Gasteiger partial charge in [0.1, 0.15) is 11.3 Å². The molecule has 28 heavy (non-hydrogen) atoms. The molecule has 0 bridgehead atoms. The van der Waals surface area contributed by atoms with Crippen LogP contribution in [0.1, 0.15) is 5.69 Å². The first-order chi connectivity index (χ1) is 13.5.